The SMILES string of the molecule is CC(C)N(CCCOc1ccccc1)CC(N)=O. The van der Waals surface area contributed by atoms with Crippen LogP contribution in [0.15, 0.2) is 30.3 Å². The van der Waals surface area contributed by atoms with E-state index in [1.807, 2.05) is 30.3 Å². The first-order valence-corrected chi connectivity index (χ1v) is 6.30. The Morgan fingerprint density at radius 3 is 2.56 bits per heavy atom. The van der Waals surface area contributed by atoms with Crippen molar-refractivity contribution in [3.63, 3.8) is 0 Å². The van der Waals surface area contributed by atoms with Gasteiger partial charge in [-0.25, -0.2) is 0 Å². The normalized spacial score (nSPS) is 10.9. The Kier molecular flexibility index (Phi) is 6.22. The molecule has 0 aliphatic carbocycles. The fraction of sp³-hybridized carbons (Fsp3) is 0.500. The average Bonchev–Trinajstić information content (AvgIpc) is 2.33. The van der Waals surface area contributed by atoms with Crippen molar-refractivity contribution < 1.29 is 9.53 Å². The molecule has 0 saturated carbocycles. The summed E-state index contributed by atoms with van der Waals surface area (Å²) < 4.78 is 5.60. The van der Waals surface area contributed by atoms with E-state index in [9.17, 15) is 4.79 Å². The number of hydrogen-bond acceptors (Lipinski definition) is 3. The Bertz CT molecular complexity index is 352. The van der Waals surface area contributed by atoms with Crippen LogP contribution in [0.25, 0.3) is 0 Å². The second-order valence-corrected chi connectivity index (χ2v) is 4.55. The number of carbonyl (C=O) groups is 1. The number of ether oxygens (including phenoxy) is 1. The number of benzene rings is 1. The van der Waals surface area contributed by atoms with Gasteiger partial charge in [0.1, 0.15) is 5.75 Å². The van der Waals surface area contributed by atoms with Crippen LogP contribution in [-0.2, 0) is 4.79 Å². The maximum absolute atomic E-state index is 10.9. The van der Waals surface area contributed by atoms with Crippen molar-refractivity contribution in [2.45, 2.75) is 26.3 Å². The molecule has 0 atom stereocenters. The smallest absolute Gasteiger partial charge is 0.231 e. The van der Waals surface area contributed by atoms with Gasteiger partial charge in [-0.1, -0.05) is 18.2 Å². The van der Waals surface area contributed by atoms with Crippen LogP contribution >= 0.6 is 0 Å². The summed E-state index contributed by atoms with van der Waals surface area (Å²) in [7, 11) is 0. The highest BCUT2D eigenvalue weighted by atomic mass is 16.5. The van der Waals surface area contributed by atoms with Crippen LogP contribution < -0.4 is 10.5 Å². The maximum Gasteiger partial charge on any atom is 0.231 e. The molecule has 0 radical (unpaired) electrons. The molecule has 18 heavy (non-hydrogen) atoms. The monoisotopic (exact) mass is 250 g/mol. The van der Waals surface area contributed by atoms with Crippen LogP contribution in [0.1, 0.15) is 20.3 Å². The third kappa shape index (κ3) is 5.68. The lowest BCUT2D eigenvalue weighted by Crippen LogP contribution is -2.39. The van der Waals surface area contributed by atoms with E-state index in [0.29, 0.717) is 19.2 Å². The summed E-state index contributed by atoms with van der Waals surface area (Å²) in [6, 6.07) is 10.0. The van der Waals surface area contributed by atoms with Gasteiger partial charge >= 0.3 is 0 Å². The maximum atomic E-state index is 10.9. The molecule has 1 amide bonds. The van der Waals surface area contributed by atoms with Gasteiger partial charge in [0, 0.05) is 12.6 Å². The minimum absolute atomic E-state index is 0.285. The quantitative estimate of drug-likeness (QED) is 0.714. The van der Waals surface area contributed by atoms with Crippen molar-refractivity contribution in [2.24, 2.45) is 5.73 Å². The number of primary amides is 1. The zero-order valence-corrected chi connectivity index (χ0v) is 11.1. The second-order valence-electron chi connectivity index (χ2n) is 4.55. The van der Waals surface area contributed by atoms with Crippen LogP contribution in [0, 0.1) is 0 Å². The zero-order valence-electron chi connectivity index (χ0n) is 11.1. The first-order chi connectivity index (χ1) is 8.59. The number of nitrogens with zero attached hydrogens (tertiary/aromatic N) is 1. The van der Waals surface area contributed by atoms with Crippen molar-refractivity contribution in [3.05, 3.63) is 30.3 Å². The van der Waals surface area contributed by atoms with Crippen molar-refractivity contribution in [1.82, 2.24) is 4.90 Å². The first-order valence-electron chi connectivity index (χ1n) is 6.30. The number of para-hydroxylation sites is 1. The first kappa shape index (κ1) is 14.5. The number of hydrogen-bond donors (Lipinski definition) is 1. The van der Waals surface area contributed by atoms with Gasteiger partial charge < -0.3 is 10.5 Å². The summed E-state index contributed by atoms with van der Waals surface area (Å²) in [6.45, 7) is 5.88. The van der Waals surface area contributed by atoms with Gasteiger partial charge in [-0.15, -0.1) is 0 Å². The molecular formula is C14H22N2O2. The van der Waals surface area contributed by atoms with Crippen LogP contribution in [0.4, 0.5) is 0 Å². The van der Waals surface area contributed by atoms with Gasteiger partial charge in [0.15, 0.2) is 0 Å². The molecule has 1 aromatic carbocycles. The third-order valence-electron chi connectivity index (χ3n) is 2.69. The Labute approximate surface area is 109 Å². The topological polar surface area (TPSA) is 55.6 Å². The predicted octanol–water partition coefficient (Wildman–Crippen LogP) is 1.65. The molecule has 0 bridgehead atoms. The molecule has 1 rings (SSSR count). The van der Waals surface area contributed by atoms with Gasteiger partial charge in [0.2, 0.25) is 5.91 Å². The minimum Gasteiger partial charge on any atom is -0.494 e. The third-order valence-corrected chi connectivity index (χ3v) is 2.69. The average molecular weight is 250 g/mol. The van der Waals surface area contributed by atoms with Crippen molar-refractivity contribution in [3.8, 4) is 5.75 Å². The van der Waals surface area contributed by atoms with Gasteiger partial charge in [-0.3, -0.25) is 9.69 Å². The second kappa shape index (κ2) is 7.71. The number of rotatable bonds is 8. The summed E-state index contributed by atoms with van der Waals surface area (Å²) in [5.41, 5.74) is 5.21. The Hall–Kier alpha value is -1.55. The predicted molar refractivity (Wildman–Crippen MR) is 72.5 cm³/mol. The molecule has 0 unspecified atom stereocenters. The Morgan fingerprint density at radius 1 is 1.33 bits per heavy atom. The van der Waals surface area contributed by atoms with Crippen LogP contribution in [0.3, 0.4) is 0 Å². The molecule has 0 heterocycles. The van der Waals surface area contributed by atoms with E-state index in [2.05, 4.69) is 18.7 Å². The molecule has 0 saturated heterocycles. The summed E-state index contributed by atoms with van der Waals surface area (Å²) in [5.74, 6) is 0.594. The van der Waals surface area contributed by atoms with E-state index in [0.717, 1.165) is 18.7 Å². The largest absolute Gasteiger partial charge is 0.494 e. The number of carbonyl (C=O) groups excluding carboxylic acids is 1. The highest BCUT2D eigenvalue weighted by Crippen LogP contribution is 2.08. The molecule has 4 nitrogen and oxygen atoms in total. The fourth-order valence-electron chi connectivity index (χ4n) is 1.69. The molecule has 0 spiro atoms. The van der Waals surface area contributed by atoms with Gasteiger partial charge in [0.05, 0.1) is 13.2 Å². The standard InChI is InChI=1S/C14H22N2O2/c1-12(2)16(11-14(15)17)9-6-10-18-13-7-4-3-5-8-13/h3-5,7-8,12H,6,9-11H2,1-2H3,(H2,15,17). The Balaban J connectivity index is 2.25. The molecule has 0 aliphatic heterocycles. The summed E-state index contributed by atoms with van der Waals surface area (Å²) in [6.07, 6.45) is 0.875. The molecule has 100 valence electrons. The highest BCUT2D eigenvalue weighted by molar-refractivity contribution is 5.75. The summed E-state index contributed by atoms with van der Waals surface area (Å²) in [5, 5.41) is 0. The van der Waals surface area contributed by atoms with Crippen LogP contribution in [0.2, 0.25) is 0 Å². The van der Waals surface area contributed by atoms with E-state index in [4.69, 9.17) is 10.5 Å². The van der Waals surface area contributed by atoms with E-state index in [1.165, 1.54) is 0 Å². The number of amides is 1. The lowest BCUT2D eigenvalue weighted by Gasteiger charge is -2.24. The van der Waals surface area contributed by atoms with E-state index in [-0.39, 0.29) is 5.91 Å². The van der Waals surface area contributed by atoms with Crippen molar-refractivity contribution >= 4 is 5.91 Å². The lowest BCUT2D eigenvalue weighted by molar-refractivity contribution is -0.119. The van der Waals surface area contributed by atoms with Crippen LogP contribution in [0.5, 0.6) is 5.75 Å². The van der Waals surface area contributed by atoms with Crippen LogP contribution in [-0.4, -0.2) is 36.5 Å². The molecular weight excluding hydrogens is 228 g/mol. The summed E-state index contributed by atoms with van der Waals surface area (Å²) in [4.78, 5) is 13.0. The Morgan fingerprint density at radius 2 is 2.00 bits per heavy atom. The van der Waals surface area contributed by atoms with E-state index >= 15 is 0 Å². The molecule has 0 fully saturated rings. The van der Waals surface area contributed by atoms with Crippen molar-refractivity contribution in [1.29, 1.82) is 0 Å². The zero-order chi connectivity index (χ0) is 13.4. The number of nitrogens with two attached hydrogens (primary N) is 1. The van der Waals surface area contributed by atoms with Crippen molar-refractivity contribution in [2.75, 3.05) is 19.7 Å². The molecule has 2 N–H and O–H groups in total. The van der Waals surface area contributed by atoms with E-state index < -0.39 is 0 Å². The summed E-state index contributed by atoms with van der Waals surface area (Å²) >= 11 is 0. The van der Waals surface area contributed by atoms with Gasteiger partial charge in [-0.2, -0.15) is 0 Å². The minimum atomic E-state index is -0.285. The van der Waals surface area contributed by atoms with Gasteiger partial charge in [0.25, 0.3) is 0 Å². The molecule has 0 aromatic heterocycles. The lowest BCUT2D eigenvalue weighted by atomic mass is 10.3. The molecule has 1 aromatic rings. The van der Waals surface area contributed by atoms with E-state index in [1.54, 1.807) is 0 Å². The molecule has 4 heteroatoms. The fourth-order valence-corrected chi connectivity index (χ4v) is 1.69. The van der Waals surface area contributed by atoms with Gasteiger partial charge in [-0.05, 0) is 32.4 Å². The molecule has 0 aliphatic rings. The highest BCUT2D eigenvalue weighted by Gasteiger charge is 2.11.